The largest absolute Gasteiger partial charge is 0.489 e. The number of halogens is 4. The normalized spacial score (nSPS) is 13.7. The van der Waals surface area contributed by atoms with E-state index in [1.807, 2.05) is 6.92 Å². The van der Waals surface area contributed by atoms with Gasteiger partial charge in [-0.05, 0) is 78.3 Å². The Bertz CT molecular complexity index is 1290. The minimum atomic E-state index is -3.03. The molecule has 1 aliphatic carbocycles. The van der Waals surface area contributed by atoms with Gasteiger partial charge in [0.1, 0.15) is 12.4 Å². The first kappa shape index (κ1) is 27.9. The number of ether oxygens (including phenoxy) is 3. The SMILES string of the molecule is CCc1cc(Cl)c(CC(OC(=O)c2cccc(C=O)c2)c2ccc(OC(F)F)c(OCC3CC3)c2)c(Cl)c1. The third-order valence-electron chi connectivity index (χ3n) is 6.23. The van der Waals surface area contributed by atoms with Crippen molar-refractivity contribution in [2.45, 2.75) is 45.3 Å². The Morgan fingerprint density at radius 2 is 1.79 bits per heavy atom. The first-order valence-electron chi connectivity index (χ1n) is 12.2. The fourth-order valence-electron chi connectivity index (χ4n) is 3.93. The van der Waals surface area contributed by atoms with Gasteiger partial charge in [0.15, 0.2) is 11.5 Å². The molecule has 0 heterocycles. The Kier molecular flexibility index (Phi) is 9.23. The fourth-order valence-corrected chi connectivity index (χ4v) is 4.61. The monoisotopic (exact) mass is 562 g/mol. The van der Waals surface area contributed by atoms with E-state index in [4.69, 9.17) is 32.7 Å². The summed E-state index contributed by atoms with van der Waals surface area (Å²) in [5.74, 6) is -0.301. The van der Waals surface area contributed by atoms with Crippen LogP contribution in [0.25, 0.3) is 0 Å². The summed E-state index contributed by atoms with van der Waals surface area (Å²) < 4.78 is 42.4. The van der Waals surface area contributed by atoms with Gasteiger partial charge in [0.05, 0.1) is 12.2 Å². The third kappa shape index (κ3) is 7.23. The molecule has 0 spiro atoms. The number of carbonyl (C=O) groups excluding carboxylic acids is 2. The van der Waals surface area contributed by atoms with Crippen LogP contribution in [0.1, 0.15) is 63.3 Å². The Hall–Kier alpha value is -3.16. The Labute approximate surface area is 229 Å². The van der Waals surface area contributed by atoms with E-state index in [1.54, 1.807) is 24.3 Å². The Balaban J connectivity index is 1.70. The molecular weight excluding hydrogens is 537 g/mol. The average Bonchev–Trinajstić information content (AvgIpc) is 3.73. The Morgan fingerprint density at radius 3 is 2.42 bits per heavy atom. The van der Waals surface area contributed by atoms with Crippen molar-refractivity contribution < 1.29 is 32.6 Å². The summed E-state index contributed by atoms with van der Waals surface area (Å²) in [6, 6.07) is 14.1. The highest BCUT2D eigenvalue weighted by Crippen LogP contribution is 2.38. The van der Waals surface area contributed by atoms with Gasteiger partial charge in [0.2, 0.25) is 0 Å². The molecule has 38 heavy (non-hydrogen) atoms. The van der Waals surface area contributed by atoms with Crippen LogP contribution in [0.3, 0.4) is 0 Å². The number of aldehydes is 1. The molecule has 0 radical (unpaired) electrons. The number of carbonyl (C=O) groups is 2. The molecule has 0 bridgehead atoms. The van der Waals surface area contributed by atoms with Crippen LogP contribution in [-0.2, 0) is 17.6 Å². The summed E-state index contributed by atoms with van der Waals surface area (Å²) >= 11 is 13.1. The van der Waals surface area contributed by atoms with Crippen molar-refractivity contribution in [2.75, 3.05) is 6.61 Å². The van der Waals surface area contributed by atoms with Crippen LogP contribution in [0.5, 0.6) is 11.5 Å². The molecule has 1 saturated carbocycles. The quantitative estimate of drug-likeness (QED) is 0.166. The lowest BCUT2D eigenvalue weighted by molar-refractivity contribution is -0.0515. The molecule has 1 atom stereocenters. The molecule has 1 unspecified atom stereocenters. The van der Waals surface area contributed by atoms with Crippen molar-refractivity contribution in [2.24, 2.45) is 5.92 Å². The average molecular weight is 563 g/mol. The molecule has 1 fully saturated rings. The van der Waals surface area contributed by atoms with Gasteiger partial charge < -0.3 is 14.2 Å². The predicted molar refractivity (Wildman–Crippen MR) is 141 cm³/mol. The molecule has 5 nitrogen and oxygen atoms in total. The van der Waals surface area contributed by atoms with E-state index in [-0.39, 0.29) is 23.5 Å². The summed E-state index contributed by atoms with van der Waals surface area (Å²) in [5, 5.41) is 0.836. The van der Waals surface area contributed by atoms with Crippen LogP contribution in [0.2, 0.25) is 10.0 Å². The highest BCUT2D eigenvalue weighted by atomic mass is 35.5. The standard InChI is InChI=1S/C29H26Cl2F2O5/c1-2-17-11-23(30)22(24(31)12-17)14-26(37-28(35)21-5-3-4-19(10-21)15-34)20-8-9-25(38-29(32)33)27(13-20)36-16-18-6-7-18/h3-5,8-13,15,18,26,29H,2,6-7,14,16H2,1H3. The van der Waals surface area contributed by atoms with Gasteiger partial charge in [-0.25, -0.2) is 4.79 Å². The molecule has 0 N–H and O–H groups in total. The topological polar surface area (TPSA) is 61.8 Å². The highest BCUT2D eigenvalue weighted by molar-refractivity contribution is 6.36. The lowest BCUT2D eigenvalue weighted by Crippen LogP contribution is -2.15. The van der Waals surface area contributed by atoms with E-state index in [9.17, 15) is 18.4 Å². The number of hydrogen-bond acceptors (Lipinski definition) is 5. The predicted octanol–water partition coefficient (Wildman–Crippen LogP) is 7.90. The fraction of sp³-hybridized carbons (Fsp3) is 0.310. The van der Waals surface area contributed by atoms with Crippen molar-refractivity contribution in [1.82, 2.24) is 0 Å². The smallest absolute Gasteiger partial charge is 0.387 e. The van der Waals surface area contributed by atoms with E-state index in [2.05, 4.69) is 4.74 Å². The molecular formula is C29H26Cl2F2O5. The van der Waals surface area contributed by atoms with Crippen molar-refractivity contribution in [3.8, 4) is 11.5 Å². The molecule has 0 aliphatic heterocycles. The second kappa shape index (κ2) is 12.6. The first-order chi connectivity index (χ1) is 18.3. The second-order valence-electron chi connectivity index (χ2n) is 9.07. The van der Waals surface area contributed by atoms with Crippen LogP contribution in [0.4, 0.5) is 8.78 Å². The summed E-state index contributed by atoms with van der Waals surface area (Å²) in [6.07, 6.45) is 2.59. The zero-order chi connectivity index (χ0) is 27.2. The van der Waals surface area contributed by atoms with Crippen LogP contribution >= 0.6 is 23.2 Å². The van der Waals surface area contributed by atoms with Gasteiger partial charge in [-0.3, -0.25) is 4.79 Å². The van der Waals surface area contributed by atoms with E-state index >= 15 is 0 Å². The third-order valence-corrected chi connectivity index (χ3v) is 6.91. The molecule has 0 aromatic heterocycles. The maximum atomic E-state index is 13.1. The van der Waals surface area contributed by atoms with Crippen LogP contribution in [0.15, 0.2) is 54.6 Å². The van der Waals surface area contributed by atoms with Gasteiger partial charge in [-0.1, -0.05) is 48.3 Å². The van der Waals surface area contributed by atoms with E-state index in [1.165, 1.54) is 30.3 Å². The van der Waals surface area contributed by atoms with Gasteiger partial charge in [-0.15, -0.1) is 0 Å². The number of benzene rings is 3. The molecule has 200 valence electrons. The summed E-state index contributed by atoms with van der Waals surface area (Å²) in [5.41, 5.74) is 2.50. The second-order valence-corrected chi connectivity index (χ2v) is 9.89. The molecule has 0 amide bonds. The number of esters is 1. The molecule has 3 aromatic carbocycles. The van der Waals surface area contributed by atoms with Crippen LogP contribution < -0.4 is 9.47 Å². The van der Waals surface area contributed by atoms with Gasteiger partial charge in [0, 0.05) is 22.0 Å². The molecule has 3 aromatic rings. The van der Waals surface area contributed by atoms with E-state index in [0.717, 1.165) is 24.8 Å². The summed E-state index contributed by atoms with van der Waals surface area (Å²) in [4.78, 5) is 24.3. The molecule has 0 saturated heterocycles. The van der Waals surface area contributed by atoms with Crippen molar-refractivity contribution in [3.63, 3.8) is 0 Å². The zero-order valence-corrected chi connectivity index (χ0v) is 22.1. The van der Waals surface area contributed by atoms with E-state index < -0.39 is 18.7 Å². The molecule has 9 heteroatoms. The van der Waals surface area contributed by atoms with Crippen molar-refractivity contribution >= 4 is 35.5 Å². The van der Waals surface area contributed by atoms with Crippen LogP contribution in [-0.4, -0.2) is 25.5 Å². The summed E-state index contributed by atoms with van der Waals surface area (Å²) in [7, 11) is 0. The maximum Gasteiger partial charge on any atom is 0.387 e. The number of aryl methyl sites for hydroxylation is 1. The minimum Gasteiger partial charge on any atom is -0.489 e. The molecule has 4 rings (SSSR count). The zero-order valence-electron chi connectivity index (χ0n) is 20.6. The summed E-state index contributed by atoms with van der Waals surface area (Å²) in [6.45, 7) is -0.689. The maximum absolute atomic E-state index is 13.1. The lowest BCUT2D eigenvalue weighted by Gasteiger charge is -2.22. The van der Waals surface area contributed by atoms with Gasteiger partial charge in [-0.2, -0.15) is 8.78 Å². The Morgan fingerprint density at radius 1 is 1.05 bits per heavy atom. The number of hydrogen-bond donors (Lipinski definition) is 0. The first-order valence-corrected chi connectivity index (χ1v) is 13.0. The minimum absolute atomic E-state index is 0.109. The number of rotatable bonds is 12. The molecule has 1 aliphatic rings. The highest BCUT2D eigenvalue weighted by Gasteiger charge is 2.26. The van der Waals surface area contributed by atoms with Crippen molar-refractivity contribution in [3.05, 3.63) is 92.5 Å². The van der Waals surface area contributed by atoms with E-state index in [0.29, 0.717) is 45.5 Å². The van der Waals surface area contributed by atoms with Gasteiger partial charge in [0.25, 0.3) is 0 Å². The van der Waals surface area contributed by atoms with Gasteiger partial charge >= 0.3 is 12.6 Å². The lowest BCUT2D eigenvalue weighted by atomic mass is 9.99. The van der Waals surface area contributed by atoms with Crippen molar-refractivity contribution in [1.29, 1.82) is 0 Å². The van der Waals surface area contributed by atoms with Crippen LogP contribution in [0, 0.1) is 5.92 Å². The number of alkyl halides is 2.